The highest BCUT2D eigenvalue weighted by molar-refractivity contribution is 6.34. The molecule has 1 fully saturated rings. The lowest BCUT2D eigenvalue weighted by molar-refractivity contribution is -0.119. The van der Waals surface area contributed by atoms with E-state index in [9.17, 15) is 9.59 Å². The standard InChI is InChI=1S/C20H19ClN2O2/c21-17-6-2-1-5-16(17)19(24)22-15-10-9-13-4-3-11-23(18(13)12-15)20(25)14-7-8-14/h1-2,5-6,9-10,12,14H,3-4,7-8,11H2,(H,22,24). The second kappa shape index (κ2) is 6.52. The highest BCUT2D eigenvalue weighted by atomic mass is 35.5. The van der Waals surface area contributed by atoms with Crippen LogP contribution in [0.5, 0.6) is 0 Å². The van der Waals surface area contributed by atoms with Gasteiger partial charge in [-0.3, -0.25) is 9.59 Å². The van der Waals surface area contributed by atoms with Gasteiger partial charge in [0.25, 0.3) is 5.91 Å². The average Bonchev–Trinajstić information content (AvgIpc) is 3.46. The number of rotatable bonds is 3. The zero-order valence-corrected chi connectivity index (χ0v) is 14.6. The fraction of sp³-hybridized carbons (Fsp3) is 0.300. The summed E-state index contributed by atoms with van der Waals surface area (Å²) in [6, 6.07) is 12.8. The van der Waals surface area contributed by atoms with Crippen molar-refractivity contribution in [1.29, 1.82) is 0 Å². The van der Waals surface area contributed by atoms with Gasteiger partial charge < -0.3 is 10.2 Å². The van der Waals surface area contributed by atoms with Crippen molar-refractivity contribution >= 4 is 34.8 Å². The number of hydrogen-bond acceptors (Lipinski definition) is 2. The first-order valence-electron chi connectivity index (χ1n) is 8.63. The molecule has 0 spiro atoms. The Morgan fingerprint density at radius 1 is 1.12 bits per heavy atom. The predicted molar refractivity (Wildman–Crippen MR) is 99.2 cm³/mol. The summed E-state index contributed by atoms with van der Waals surface area (Å²) in [6.07, 6.45) is 3.93. The molecule has 2 aliphatic rings. The number of anilines is 2. The van der Waals surface area contributed by atoms with Crippen molar-refractivity contribution in [2.45, 2.75) is 25.7 Å². The van der Waals surface area contributed by atoms with Crippen molar-refractivity contribution in [3.8, 4) is 0 Å². The van der Waals surface area contributed by atoms with E-state index in [-0.39, 0.29) is 17.7 Å². The van der Waals surface area contributed by atoms with Gasteiger partial charge in [-0.05, 0) is 55.5 Å². The summed E-state index contributed by atoms with van der Waals surface area (Å²) in [5.41, 5.74) is 3.21. The van der Waals surface area contributed by atoms with Gasteiger partial charge in [-0.1, -0.05) is 29.8 Å². The number of carbonyl (C=O) groups excluding carboxylic acids is 2. The van der Waals surface area contributed by atoms with Crippen LogP contribution in [-0.2, 0) is 11.2 Å². The number of halogens is 1. The number of nitrogens with zero attached hydrogens (tertiary/aromatic N) is 1. The van der Waals surface area contributed by atoms with E-state index in [4.69, 9.17) is 11.6 Å². The minimum absolute atomic E-state index is 0.187. The third kappa shape index (κ3) is 3.27. The highest BCUT2D eigenvalue weighted by Crippen LogP contribution is 2.37. The van der Waals surface area contributed by atoms with Gasteiger partial charge in [-0.15, -0.1) is 0 Å². The molecule has 4 nitrogen and oxygen atoms in total. The molecule has 1 saturated carbocycles. The highest BCUT2D eigenvalue weighted by Gasteiger charge is 2.35. The molecule has 0 saturated heterocycles. The molecule has 5 heteroatoms. The number of fused-ring (bicyclic) bond motifs is 1. The van der Waals surface area contributed by atoms with Crippen LogP contribution < -0.4 is 10.2 Å². The summed E-state index contributed by atoms with van der Waals surface area (Å²) >= 11 is 6.09. The average molecular weight is 355 g/mol. The van der Waals surface area contributed by atoms with Crippen molar-refractivity contribution < 1.29 is 9.59 Å². The molecule has 2 amide bonds. The maximum absolute atomic E-state index is 12.5. The number of carbonyl (C=O) groups is 2. The van der Waals surface area contributed by atoms with Crippen LogP contribution in [-0.4, -0.2) is 18.4 Å². The third-order valence-corrected chi connectivity index (χ3v) is 5.10. The Hall–Kier alpha value is -2.33. The maximum atomic E-state index is 12.5. The Labute approximate surface area is 151 Å². The number of benzene rings is 2. The van der Waals surface area contributed by atoms with Crippen LogP contribution in [0.3, 0.4) is 0 Å². The third-order valence-electron chi connectivity index (χ3n) is 4.77. The Balaban J connectivity index is 1.59. The molecule has 2 aromatic carbocycles. The van der Waals surface area contributed by atoms with Crippen LogP contribution in [0.15, 0.2) is 42.5 Å². The summed E-state index contributed by atoms with van der Waals surface area (Å²) in [6.45, 7) is 0.754. The smallest absolute Gasteiger partial charge is 0.257 e. The molecule has 0 atom stereocenters. The summed E-state index contributed by atoms with van der Waals surface area (Å²) < 4.78 is 0. The van der Waals surface area contributed by atoms with Crippen molar-refractivity contribution in [3.05, 3.63) is 58.6 Å². The second-order valence-corrected chi connectivity index (χ2v) is 7.05. The number of hydrogen-bond donors (Lipinski definition) is 1. The van der Waals surface area contributed by atoms with E-state index >= 15 is 0 Å². The lowest BCUT2D eigenvalue weighted by atomic mass is 10.0. The summed E-state index contributed by atoms with van der Waals surface area (Å²) in [7, 11) is 0. The Bertz CT molecular complexity index is 845. The zero-order valence-electron chi connectivity index (χ0n) is 13.8. The molecule has 0 unspecified atom stereocenters. The number of nitrogens with one attached hydrogen (secondary N) is 1. The molecule has 128 valence electrons. The van der Waals surface area contributed by atoms with Gasteiger partial charge in [0.15, 0.2) is 0 Å². The van der Waals surface area contributed by atoms with Crippen LogP contribution >= 0.6 is 11.6 Å². The Kier molecular flexibility index (Phi) is 4.22. The molecule has 1 heterocycles. The lowest BCUT2D eigenvalue weighted by Gasteiger charge is -2.30. The van der Waals surface area contributed by atoms with E-state index in [1.54, 1.807) is 24.3 Å². The molecule has 0 bridgehead atoms. The van der Waals surface area contributed by atoms with Gasteiger partial charge in [0.05, 0.1) is 10.6 Å². The van der Waals surface area contributed by atoms with Crippen molar-refractivity contribution in [1.82, 2.24) is 0 Å². The first-order valence-corrected chi connectivity index (χ1v) is 9.01. The number of amides is 2. The summed E-state index contributed by atoms with van der Waals surface area (Å²) in [5, 5.41) is 3.31. The van der Waals surface area contributed by atoms with Crippen LogP contribution in [0.1, 0.15) is 35.2 Å². The fourth-order valence-corrected chi connectivity index (χ4v) is 3.50. The molecule has 0 aromatic heterocycles. The molecule has 1 aliphatic heterocycles. The van der Waals surface area contributed by atoms with E-state index in [0.29, 0.717) is 16.3 Å². The second-order valence-electron chi connectivity index (χ2n) is 6.65. The first kappa shape index (κ1) is 16.2. The van der Waals surface area contributed by atoms with Gasteiger partial charge in [-0.25, -0.2) is 0 Å². The normalized spacial score (nSPS) is 16.3. The Morgan fingerprint density at radius 2 is 1.92 bits per heavy atom. The number of aryl methyl sites for hydroxylation is 1. The van der Waals surface area contributed by atoms with Crippen molar-refractivity contribution in [3.63, 3.8) is 0 Å². The van der Waals surface area contributed by atoms with Crippen LogP contribution in [0.25, 0.3) is 0 Å². The maximum Gasteiger partial charge on any atom is 0.257 e. The molecule has 2 aromatic rings. The summed E-state index contributed by atoms with van der Waals surface area (Å²) in [4.78, 5) is 26.9. The van der Waals surface area contributed by atoms with Gasteiger partial charge >= 0.3 is 0 Å². The van der Waals surface area contributed by atoms with E-state index in [0.717, 1.165) is 43.5 Å². The van der Waals surface area contributed by atoms with Gasteiger partial charge in [0, 0.05) is 23.8 Å². The van der Waals surface area contributed by atoms with Crippen LogP contribution in [0, 0.1) is 5.92 Å². The largest absolute Gasteiger partial charge is 0.322 e. The van der Waals surface area contributed by atoms with E-state index in [1.165, 1.54) is 0 Å². The van der Waals surface area contributed by atoms with Crippen LogP contribution in [0.2, 0.25) is 5.02 Å². The molecular weight excluding hydrogens is 336 g/mol. The molecule has 1 N–H and O–H groups in total. The van der Waals surface area contributed by atoms with Crippen molar-refractivity contribution in [2.75, 3.05) is 16.8 Å². The monoisotopic (exact) mass is 354 g/mol. The lowest BCUT2D eigenvalue weighted by Crippen LogP contribution is -2.36. The molecule has 0 radical (unpaired) electrons. The van der Waals surface area contributed by atoms with Crippen molar-refractivity contribution in [2.24, 2.45) is 5.92 Å². The minimum Gasteiger partial charge on any atom is -0.322 e. The molecular formula is C20H19ClN2O2. The van der Waals surface area contributed by atoms with Gasteiger partial charge in [0.2, 0.25) is 5.91 Å². The Morgan fingerprint density at radius 3 is 2.68 bits per heavy atom. The fourth-order valence-electron chi connectivity index (χ4n) is 3.28. The van der Waals surface area contributed by atoms with E-state index in [2.05, 4.69) is 5.32 Å². The van der Waals surface area contributed by atoms with Crippen LogP contribution in [0.4, 0.5) is 11.4 Å². The topological polar surface area (TPSA) is 49.4 Å². The van der Waals surface area contributed by atoms with E-state index in [1.807, 2.05) is 23.1 Å². The van der Waals surface area contributed by atoms with Gasteiger partial charge in [0.1, 0.15) is 0 Å². The SMILES string of the molecule is O=C(Nc1ccc2c(c1)N(C(=O)C1CC1)CCC2)c1ccccc1Cl. The minimum atomic E-state index is -0.249. The quantitative estimate of drug-likeness (QED) is 0.894. The summed E-state index contributed by atoms with van der Waals surface area (Å²) in [5.74, 6) is 0.157. The molecule has 4 rings (SSSR count). The van der Waals surface area contributed by atoms with E-state index < -0.39 is 0 Å². The molecule has 25 heavy (non-hydrogen) atoms. The predicted octanol–water partition coefficient (Wildman–Crippen LogP) is 4.28. The molecule has 1 aliphatic carbocycles. The zero-order chi connectivity index (χ0) is 17.4. The first-order chi connectivity index (χ1) is 12.1. The van der Waals surface area contributed by atoms with Gasteiger partial charge in [-0.2, -0.15) is 0 Å².